The Labute approximate surface area is 326 Å². The topological polar surface area (TPSA) is 61.7 Å². The summed E-state index contributed by atoms with van der Waals surface area (Å²) in [6, 6.07) is 65.6. The van der Waals surface area contributed by atoms with Crippen molar-refractivity contribution in [3.05, 3.63) is 188 Å². The van der Waals surface area contributed by atoms with E-state index in [0.717, 1.165) is 71.6 Å². The van der Waals surface area contributed by atoms with Crippen molar-refractivity contribution in [1.29, 1.82) is 0 Å². The van der Waals surface area contributed by atoms with Crippen molar-refractivity contribution in [1.82, 2.24) is 24.1 Å². The fraction of sp³-hybridized carbons (Fsp3) is 0. The predicted molar refractivity (Wildman–Crippen MR) is 232 cm³/mol. The highest BCUT2D eigenvalue weighted by atomic mass is 16.3. The highest BCUT2D eigenvalue weighted by molar-refractivity contribution is 6.12. The summed E-state index contributed by atoms with van der Waals surface area (Å²) in [6.07, 6.45) is 0. The van der Waals surface area contributed by atoms with Gasteiger partial charge in [-0.3, -0.25) is 4.57 Å². The smallest absolute Gasteiger partial charge is 0.238 e. The SMILES string of the molecule is c1ccc(-c2ccc3c4ccccc4n(-c4ccc5c(c4)oc4ccc(-c6nc(-c7ccccc7)nc(-n7c8ccccc8c8ccccc87)n6)cc45)c3c2)cc1. The van der Waals surface area contributed by atoms with E-state index in [-0.39, 0.29) is 0 Å². The Morgan fingerprint density at radius 2 is 0.860 bits per heavy atom. The fourth-order valence-electron chi connectivity index (χ4n) is 8.55. The molecule has 0 N–H and O–H groups in total. The lowest BCUT2D eigenvalue weighted by molar-refractivity contribution is 0.668. The molecule has 6 nitrogen and oxygen atoms in total. The van der Waals surface area contributed by atoms with Crippen molar-refractivity contribution in [2.45, 2.75) is 0 Å². The van der Waals surface area contributed by atoms with Gasteiger partial charge in [-0.2, -0.15) is 9.97 Å². The molecular formula is C51H31N5O. The van der Waals surface area contributed by atoms with Gasteiger partial charge < -0.3 is 8.98 Å². The minimum absolute atomic E-state index is 0.569. The molecule has 6 heteroatoms. The zero-order chi connectivity index (χ0) is 37.5. The van der Waals surface area contributed by atoms with Crippen LogP contribution in [-0.2, 0) is 0 Å². The summed E-state index contributed by atoms with van der Waals surface area (Å²) in [7, 11) is 0. The van der Waals surface area contributed by atoms with E-state index in [1.165, 1.54) is 21.9 Å². The maximum atomic E-state index is 6.60. The summed E-state index contributed by atoms with van der Waals surface area (Å²) in [5, 5.41) is 6.77. The van der Waals surface area contributed by atoms with Crippen LogP contribution in [0.5, 0.6) is 0 Å². The normalized spacial score (nSPS) is 11.9. The van der Waals surface area contributed by atoms with E-state index >= 15 is 0 Å². The first kappa shape index (κ1) is 31.5. The van der Waals surface area contributed by atoms with Crippen molar-refractivity contribution in [2.24, 2.45) is 0 Å². The average molecular weight is 730 g/mol. The molecule has 0 atom stereocenters. The number of hydrogen-bond acceptors (Lipinski definition) is 4. The minimum atomic E-state index is 0.569. The maximum absolute atomic E-state index is 6.60. The molecule has 0 amide bonds. The van der Waals surface area contributed by atoms with Crippen molar-refractivity contribution in [2.75, 3.05) is 0 Å². The summed E-state index contributed by atoms with van der Waals surface area (Å²) in [5.74, 6) is 1.77. The van der Waals surface area contributed by atoms with Gasteiger partial charge in [-0.05, 0) is 65.7 Å². The fourth-order valence-corrected chi connectivity index (χ4v) is 8.55. The Bertz CT molecular complexity index is 3470. The van der Waals surface area contributed by atoms with Crippen molar-refractivity contribution in [3.63, 3.8) is 0 Å². The average Bonchev–Trinajstić information content (AvgIpc) is 3.93. The molecule has 0 fully saturated rings. The molecule has 12 rings (SSSR count). The molecular weight excluding hydrogens is 699 g/mol. The van der Waals surface area contributed by atoms with E-state index in [1.807, 2.05) is 42.5 Å². The summed E-state index contributed by atoms with van der Waals surface area (Å²) in [6.45, 7) is 0. The van der Waals surface area contributed by atoms with Gasteiger partial charge in [0.25, 0.3) is 0 Å². The third-order valence-electron chi connectivity index (χ3n) is 11.2. The van der Waals surface area contributed by atoms with Crippen LogP contribution in [0.25, 0.3) is 111 Å². The molecule has 4 aromatic heterocycles. The van der Waals surface area contributed by atoms with Gasteiger partial charge in [0.15, 0.2) is 11.6 Å². The molecule has 4 heterocycles. The second-order valence-electron chi connectivity index (χ2n) is 14.5. The van der Waals surface area contributed by atoms with E-state index in [0.29, 0.717) is 17.6 Å². The van der Waals surface area contributed by atoms with E-state index in [1.54, 1.807) is 0 Å². The van der Waals surface area contributed by atoms with Crippen LogP contribution in [0, 0.1) is 0 Å². The number of furan rings is 1. The largest absolute Gasteiger partial charge is 0.456 e. The third-order valence-corrected chi connectivity index (χ3v) is 11.2. The molecule has 8 aromatic carbocycles. The first-order chi connectivity index (χ1) is 28.2. The number of aromatic nitrogens is 5. The molecule has 57 heavy (non-hydrogen) atoms. The van der Waals surface area contributed by atoms with Gasteiger partial charge in [-0.15, -0.1) is 0 Å². The number of fused-ring (bicyclic) bond motifs is 9. The lowest BCUT2D eigenvalue weighted by Crippen LogP contribution is -2.06. The van der Waals surface area contributed by atoms with Crippen LogP contribution in [0.2, 0.25) is 0 Å². The molecule has 0 aliphatic rings. The number of benzene rings is 8. The van der Waals surface area contributed by atoms with E-state index in [9.17, 15) is 0 Å². The van der Waals surface area contributed by atoms with Gasteiger partial charge in [0.2, 0.25) is 5.95 Å². The van der Waals surface area contributed by atoms with Crippen molar-refractivity contribution in [3.8, 4) is 45.5 Å². The Hall–Kier alpha value is -7.83. The van der Waals surface area contributed by atoms with E-state index in [4.69, 9.17) is 19.4 Å². The van der Waals surface area contributed by atoms with Gasteiger partial charge in [0.1, 0.15) is 11.2 Å². The highest BCUT2D eigenvalue weighted by Gasteiger charge is 2.19. The first-order valence-electron chi connectivity index (χ1n) is 19.1. The van der Waals surface area contributed by atoms with Crippen LogP contribution in [0.4, 0.5) is 0 Å². The van der Waals surface area contributed by atoms with Crippen LogP contribution in [-0.4, -0.2) is 24.1 Å². The predicted octanol–water partition coefficient (Wildman–Crippen LogP) is 13.0. The van der Waals surface area contributed by atoms with Gasteiger partial charge in [-0.1, -0.05) is 127 Å². The van der Waals surface area contributed by atoms with Crippen LogP contribution >= 0.6 is 0 Å². The van der Waals surface area contributed by atoms with Crippen LogP contribution in [0.15, 0.2) is 192 Å². The highest BCUT2D eigenvalue weighted by Crippen LogP contribution is 2.38. The Kier molecular flexibility index (Phi) is 6.83. The summed E-state index contributed by atoms with van der Waals surface area (Å²) in [5.41, 5.74) is 11.2. The zero-order valence-corrected chi connectivity index (χ0v) is 30.5. The third kappa shape index (κ3) is 4.94. The number of rotatable bonds is 5. The Morgan fingerprint density at radius 1 is 0.316 bits per heavy atom. The van der Waals surface area contributed by atoms with Crippen LogP contribution < -0.4 is 0 Å². The molecule has 12 aromatic rings. The van der Waals surface area contributed by atoms with E-state index in [2.05, 4.69) is 155 Å². The maximum Gasteiger partial charge on any atom is 0.238 e. The molecule has 0 aliphatic heterocycles. The summed E-state index contributed by atoms with van der Waals surface area (Å²) >= 11 is 0. The Morgan fingerprint density at radius 3 is 1.54 bits per heavy atom. The Balaban J connectivity index is 1.03. The minimum Gasteiger partial charge on any atom is -0.456 e. The standard InChI is InChI=1S/C51H31N5O/c1-3-13-32(14-4-1)34-23-26-40-39-19-7-10-20-43(39)55(46(40)30-34)36-25-27-41-42-29-35(24-28-47(42)57-48(41)31-36)50-52-49(33-15-5-2-6-16-33)53-51(54-50)56-44-21-11-8-17-37(44)38-18-9-12-22-45(38)56/h1-31H. The lowest BCUT2D eigenvalue weighted by Gasteiger charge is -2.11. The molecule has 0 spiro atoms. The van der Waals surface area contributed by atoms with Crippen LogP contribution in [0.3, 0.4) is 0 Å². The van der Waals surface area contributed by atoms with Crippen molar-refractivity contribution < 1.29 is 4.42 Å². The molecule has 0 bridgehead atoms. The van der Waals surface area contributed by atoms with Gasteiger partial charge in [-0.25, -0.2) is 4.98 Å². The van der Waals surface area contributed by atoms with Gasteiger partial charge in [0, 0.05) is 55.2 Å². The first-order valence-corrected chi connectivity index (χ1v) is 19.1. The van der Waals surface area contributed by atoms with Crippen LogP contribution in [0.1, 0.15) is 0 Å². The lowest BCUT2D eigenvalue weighted by atomic mass is 10.0. The number of hydrogen-bond donors (Lipinski definition) is 0. The second kappa shape index (κ2) is 12.3. The van der Waals surface area contributed by atoms with Gasteiger partial charge >= 0.3 is 0 Å². The molecule has 0 saturated carbocycles. The molecule has 266 valence electrons. The summed E-state index contributed by atoms with van der Waals surface area (Å²) in [4.78, 5) is 15.4. The van der Waals surface area contributed by atoms with Gasteiger partial charge in [0.05, 0.1) is 22.1 Å². The molecule has 0 radical (unpaired) electrons. The zero-order valence-electron chi connectivity index (χ0n) is 30.5. The van der Waals surface area contributed by atoms with Crippen molar-refractivity contribution >= 4 is 65.6 Å². The van der Waals surface area contributed by atoms with E-state index < -0.39 is 0 Å². The quantitative estimate of drug-likeness (QED) is 0.177. The second-order valence-corrected chi connectivity index (χ2v) is 14.5. The molecule has 0 aliphatic carbocycles. The summed E-state index contributed by atoms with van der Waals surface area (Å²) < 4.78 is 11.1. The monoisotopic (exact) mass is 729 g/mol. The molecule has 0 unspecified atom stereocenters. The number of nitrogens with zero attached hydrogens (tertiary/aromatic N) is 5. The number of para-hydroxylation sites is 3. The molecule has 0 saturated heterocycles.